The zero-order valence-electron chi connectivity index (χ0n) is 10.8. The van der Waals surface area contributed by atoms with E-state index in [1.54, 1.807) is 6.07 Å². The molecule has 1 atom stereocenters. The van der Waals surface area contributed by atoms with Gasteiger partial charge in [-0.25, -0.2) is 4.39 Å². The number of nitrogens with zero attached hydrogens (tertiary/aromatic N) is 2. The molecule has 0 saturated carbocycles. The third-order valence-corrected chi connectivity index (χ3v) is 4.05. The van der Waals surface area contributed by atoms with E-state index in [0.717, 1.165) is 31.7 Å². The molecular weight excluding hydrogens is 368 g/mol. The van der Waals surface area contributed by atoms with E-state index in [0.29, 0.717) is 10.9 Å². The van der Waals surface area contributed by atoms with Crippen molar-refractivity contribution < 1.29 is 4.39 Å². The normalized spacial score (nSPS) is 16.4. The minimum Gasteiger partial charge on any atom is -0.314 e. The molecule has 7 heteroatoms. The van der Waals surface area contributed by atoms with Crippen LogP contribution in [-0.2, 0) is 0 Å². The largest absolute Gasteiger partial charge is 0.314 e. The van der Waals surface area contributed by atoms with Crippen LogP contribution in [0, 0.1) is 17.1 Å². The summed E-state index contributed by atoms with van der Waals surface area (Å²) < 4.78 is 14.1. The van der Waals surface area contributed by atoms with Crippen LogP contribution in [0.1, 0.15) is 18.0 Å². The predicted octanol–water partition coefficient (Wildman–Crippen LogP) is 3.29. The van der Waals surface area contributed by atoms with Gasteiger partial charge >= 0.3 is 0 Å². The number of hydrogen-bond donors (Lipinski definition) is 1. The molecule has 2 rings (SSSR count). The van der Waals surface area contributed by atoms with Crippen molar-refractivity contribution in [2.24, 2.45) is 0 Å². The molecule has 0 bridgehead atoms. The van der Waals surface area contributed by atoms with E-state index in [9.17, 15) is 4.39 Å². The molecule has 0 aromatic heterocycles. The first-order chi connectivity index (χ1) is 8.74. The van der Waals surface area contributed by atoms with E-state index in [4.69, 9.17) is 5.26 Å². The van der Waals surface area contributed by atoms with Crippen molar-refractivity contribution >= 4 is 40.7 Å². The van der Waals surface area contributed by atoms with Gasteiger partial charge in [0.2, 0.25) is 0 Å². The van der Waals surface area contributed by atoms with Crippen molar-refractivity contribution in [2.75, 3.05) is 26.2 Å². The Kier molecular flexibility index (Phi) is 9.36. The van der Waals surface area contributed by atoms with Crippen molar-refractivity contribution in [3.63, 3.8) is 0 Å². The second-order valence-electron chi connectivity index (χ2n) is 4.31. The molecule has 20 heavy (non-hydrogen) atoms. The van der Waals surface area contributed by atoms with Crippen LogP contribution in [0.25, 0.3) is 0 Å². The highest BCUT2D eigenvalue weighted by Crippen LogP contribution is 2.32. The lowest BCUT2D eigenvalue weighted by Gasteiger charge is -2.34. The lowest BCUT2D eigenvalue weighted by Crippen LogP contribution is -2.45. The van der Waals surface area contributed by atoms with Crippen LogP contribution in [0.2, 0.25) is 0 Å². The number of nitrogens with one attached hydrogen (secondary N) is 1. The van der Waals surface area contributed by atoms with Gasteiger partial charge in [-0.2, -0.15) is 5.26 Å². The Balaban J connectivity index is 0.00000180. The standard InChI is InChI=1S/C13H15BrFN3.2ClH/c14-13-10(2-1-3-11(13)15)12(4-5-16)18-8-6-17-7-9-18;;/h1-3,12,17H,4,6-9H2;2*1H/t12-;;/m1../s1. The third-order valence-electron chi connectivity index (χ3n) is 3.22. The van der Waals surface area contributed by atoms with E-state index in [2.05, 4.69) is 32.2 Å². The second kappa shape index (κ2) is 9.54. The smallest absolute Gasteiger partial charge is 0.137 e. The van der Waals surface area contributed by atoms with Crippen molar-refractivity contribution in [1.82, 2.24) is 10.2 Å². The van der Waals surface area contributed by atoms with Crippen molar-refractivity contribution in [1.29, 1.82) is 5.26 Å². The summed E-state index contributed by atoms with van der Waals surface area (Å²) in [7, 11) is 0. The van der Waals surface area contributed by atoms with Gasteiger partial charge in [-0.05, 0) is 27.6 Å². The number of rotatable bonds is 3. The van der Waals surface area contributed by atoms with E-state index in [1.165, 1.54) is 6.07 Å². The fourth-order valence-electron chi connectivity index (χ4n) is 2.29. The summed E-state index contributed by atoms with van der Waals surface area (Å²) in [5.74, 6) is -0.273. The fourth-order valence-corrected chi connectivity index (χ4v) is 2.82. The zero-order chi connectivity index (χ0) is 13.0. The number of halogens is 4. The molecule has 1 aromatic carbocycles. The third kappa shape index (κ3) is 4.57. The van der Waals surface area contributed by atoms with Gasteiger partial charge < -0.3 is 5.32 Å². The molecule has 1 N–H and O–H groups in total. The quantitative estimate of drug-likeness (QED) is 0.868. The van der Waals surface area contributed by atoms with Crippen LogP contribution in [0.3, 0.4) is 0 Å². The molecule has 1 aliphatic heterocycles. The summed E-state index contributed by atoms with van der Waals surface area (Å²) >= 11 is 3.29. The maximum absolute atomic E-state index is 13.6. The number of benzene rings is 1. The van der Waals surface area contributed by atoms with E-state index in [-0.39, 0.29) is 36.7 Å². The van der Waals surface area contributed by atoms with Crippen LogP contribution in [0.4, 0.5) is 4.39 Å². The minimum absolute atomic E-state index is 0. The lowest BCUT2D eigenvalue weighted by molar-refractivity contribution is 0.175. The molecule has 0 aliphatic carbocycles. The molecule has 1 aliphatic rings. The highest BCUT2D eigenvalue weighted by molar-refractivity contribution is 9.10. The highest BCUT2D eigenvalue weighted by atomic mass is 79.9. The van der Waals surface area contributed by atoms with E-state index < -0.39 is 0 Å². The van der Waals surface area contributed by atoms with Gasteiger partial charge in [0.15, 0.2) is 0 Å². The first kappa shape index (κ1) is 19.6. The van der Waals surface area contributed by atoms with Gasteiger partial charge in [0, 0.05) is 32.2 Å². The highest BCUT2D eigenvalue weighted by Gasteiger charge is 2.24. The molecular formula is C13H17BrCl2FN3. The Hall–Kier alpha value is -0.380. The van der Waals surface area contributed by atoms with Gasteiger partial charge in [0.25, 0.3) is 0 Å². The Labute approximate surface area is 139 Å². The molecule has 0 amide bonds. The first-order valence-corrected chi connectivity index (χ1v) is 6.79. The summed E-state index contributed by atoms with van der Waals surface area (Å²) in [6, 6.07) is 7.17. The first-order valence-electron chi connectivity index (χ1n) is 5.99. The van der Waals surface area contributed by atoms with Crippen LogP contribution in [-0.4, -0.2) is 31.1 Å². The average molecular weight is 385 g/mol. The lowest BCUT2D eigenvalue weighted by atomic mass is 10.0. The number of piperazine rings is 1. The molecule has 0 spiro atoms. The van der Waals surface area contributed by atoms with Crippen molar-refractivity contribution in [2.45, 2.75) is 12.5 Å². The maximum atomic E-state index is 13.6. The van der Waals surface area contributed by atoms with Gasteiger partial charge in [0.05, 0.1) is 17.0 Å². The predicted molar refractivity (Wildman–Crippen MR) is 86.0 cm³/mol. The minimum atomic E-state index is -0.273. The topological polar surface area (TPSA) is 39.1 Å². The molecule has 1 saturated heterocycles. The fraction of sp³-hybridized carbons (Fsp3) is 0.462. The molecule has 112 valence electrons. The van der Waals surface area contributed by atoms with Crippen LogP contribution in [0.5, 0.6) is 0 Å². The SMILES string of the molecule is Cl.Cl.N#CC[C@H](c1cccc(F)c1Br)N1CCNCC1. The van der Waals surface area contributed by atoms with Crippen LogP contribution >= 0.6 is 40.7 Å². The Bertz CT molecular complexity index is 461. The molecule has 1 fully saturated rings. The number of hydrogen-bond acceptors (Lipinski definition) is 3. The number of nitriles is 1. The molecule has 3 nitrogen and oxygen atoms in total. The van der Waals surface area contributed by atoms with Gasteiger partial charge in [-0.3, -0.25) is 4.90 Å². The molecule has 1 aromatic rings. The average Bonchev–Trinajstić information content (AvgIpc) is 2.41. The van der Waals surface area contributed by atoms with Crippen molar-refractivity contribution in [3.05, 3.63) is 34.1 Å². The molecule has 0 unspecified atom stereocenters. The van der Waals surface area contributed by atoms with Gasteiger partial charge in [-0.1, -0.05) is 12.1 Å². The second-order valence-corrected chi connectivity index (χ2v) is 5.10. The Morgan fingerprint density at radius 1 is 1.35 bits per heavy atom. The molecule has 1 heterocycles. The summed E-state index contributed by atoms with van der Waals surface area (Å²) in [5, 5.41) is 12.3. The summed E-state index contributed by atoms with van der Waals surface area (Å²) in [6.07, 6.45) is 0.377. The monoisotopic (exact) mass is 383 g/mol. The summed E-state index contributed by atoms with van der Waals surface area (Å²) in [6.45, 7) is 3.59. The molecule has 0 radical (unpaired) electrons. The van der Waals surface area contributed by atoms with Gasteiger partial charge in [-0.15, -0.1) is 24.8 Å². The van der Waals surface area contributed by atoms with Gasteiger partial charge in [0.1, 0.15) is 5.82 Å². The summed E-state index contributed by atoms with van der Waals surface area (Å²) in [5.41, 5.74) is 0.860. The van der Waals surface area contributed by atoms with Crippen LogP contribution < -0.4 is 5.32 Å². The Morgan fingerprint density at radius 2 is 2.00 bits per heavy atom. The zero-order valence-corrected chi connectivity index (χ0v) is 14.0. The van der Waals surface area contributed by atoms with Crippen LogP contribution in [0.15, 0.2) is 22.7 Å². The maximum Gasteiger partial charge on any atom is 0.137 e. The Morgan fingerprint density at radius 3 is 2.60 bits per heavy atom. The summed E-state index contributed by atoms with van der Waals surface area (Å²) in [4.78, 5) is 2.24. The van der Waals surface area contributed by atoms with E-state index >= 15 is 0 Å². The van der Waals surface area contributed by atoms with Crippen molar-refractivity contribution in [3.8, 4) is 6.07 Å². The van der Waals surface area contributed by atoms with E-state index in [1.807, 2.05) is 6.07 Å².